The Balaban J connectivity index is 2.27. The van der Waals surface area contributed by atoms with Gasteiger partial charge in [-0.25, -0.2) is 4.68 Å². The quantitative estimate of drug-likeness (QED) is 0.751. The normalized spacial score (nSPS) is 11.7. The molecule has 0 fully saturated rings. The van der Waals surface area contributed by atoms with E-state index in [1.165, 1.54) is 10.7 Å². The molecule has 6 heteroatoms. The molecule has 0 aliphatic heterocycles. The molecule has 0 atom stereocenters. The fourth-order valence-corrected chi connectivity index (χ4v) is 2.33. The lowest BCUT2D eigenvalue weighted by Crippen LogP contribution is -2.07. The summed E-state index contributed by atoms with van der Waals surface area (Å²) in [6, 6.07) is 14.2. The first-order chi connectivity index (χ1) is 10.9. The number of hydrogen-bond acceptors (Lipinski definition) is 2. The van der Waals surface area contributed by atoms with E-state index in [0.717, 1.165) is 11.6 Å². The van der Waals surface area contributed by atoms with Gasteiger partial charge in [0.1, 0.15) is 5.75 Å². The average Bonchev–Trinajstić information content (AvgIpc) is 2.96. The number of nitrogens with zero attached hydrogens (tertiary/aromatic N) is 2. The fourth-order valence-electron chi connectivity index (χ4n) is 2.33. The van der Waals surface area contributed by atoms with Crippen molar-refractivity contribution in [3.05, 3.63) is 65.9 Å². The van der Waals surface area contributed by atoms with Gasteiger partial charge in [-0.2, -0.15) is 18.3 Å². The monoisotopic (exact) mass is 318 g/mol. The smallest absolute Gasteiger partial charge is 0.435 e. The molecule has 0 saturated carbocycles. The van der Waals surface area contributed by atoms with E-state index in [0.29, 0.717) is 11.3 Å². The van der Waals surface area contributed by atoms with Crippen LogP contribution in [0.25, 0.3) is 16.9 Å². The highest BCUT2D eigenvalue weighted by atomic mass is 19.4. The van der Waals surface area contributed by atoms with Crippen LogP contribution in [0.1, 0.15) is 11.3 Å². The number of aromatic hydroxyl groups is 1. The van der Waals surface area contributed by atoms with Gasteiger partial charge < -0.3 is 5.11 Å². The fraction of sp³-hybridized carbons (Fsp3) is 0.118. The number of rotatable bonds is 2. The molecule has 1 N–H and O–H groups in total. The van der Waals surface area contributed by atoms with Crippen LogP contribution in [0.4, 0.5) is 13.2 Å². The largest absolute Gasteiger partial charge is 0.507 e. The zero-order chi connectivity index (χ0) is 16.6. The van der Waals surface area contributed by atoms with Crippen molar-refractivity contribution < 1.29 is 18.3 Å². The van der Waals surface area contributed by atoms with Gasteiger partial charge in [0.25, 0.3) is 0 Å². The molecule has 0 spiro atoms. The van der Waals surface area contributed by atoms with Crippen molar-refractivity contribution in [1.29, 1.82) is 0 Å². The third kappa shape index (κ3) is 2.92. The summed E-state index contributed by atoms with van der Waals surface area (Å²) in [6.07, 6.45) is -4.56. The maximum Gasteiger partial charge on any atom is 0.435 e. The number of aryl methyl sites for hydroxylation is 1. The van der Waals surface area contributed by atoms with Gasteiger partial charge >= 0.3 is 6.18 Å². The van der Waals surface area contributed by atoms with E-state index < -0.39 is 11.9 Å². The van der Waals surface area contributed by atoms with E-state index in [1.807, 2.05) is 0 Å². The zero-order valence-electron chi connectivity index (χ0n) is 12.2. The summed E-state index contributed by atoms with van der Waals surface area (Å²) < 4.78 is 40.4. The average molecular weight is 318 g/mol. The highest BCUT2D eigenvalue weighted by molar-refractivity contribution is 5.70. The lowest BCUT2D eigenvalue weighted by Gasteiger charge is -2.09. The molecule has 1 heterocycles. The van der Waals surface area contributed by atoms with Crippen LogP contribution in [-0.4, -0.2) is 14.9 Å². The van der Waals surface area contributed by atoms with Crippen LogP contribution >= 0.6 is 0 Å². The second-order valence-electron chi connectivity index (χ2n) is 5.18. The first-order valence-corrected chi connectivity index (χ1v) is 6.89. The Morgan fingerprint density at radius 2 is 1.70 bits per heavy atom. The van der Waals surface area contributed by atoms with E-state index in [1.54, 1.807) is 49.4 Å². The van der Waals surface area contributed by atoms with Gasteiger partial charge in [-0.1, -0.05) is 29.8 Å². The number of alkyl halides is 3. The van der Waals surface area contributed by atoms with E-state index in [4.69, 9.17) is 0 Å². The zero-order valence-corrected chi connectivity index (χ0v) is 12.2. The summed E-state index contributed by atoms with van der Waals surface area (Å²) in [5, 5.41) is 13.7. The Morgan fingerprint density at radius 1 is 1.00 bits per heavy atom. The summed E-state index contributed by atoms with van der Waals surface area (Å²) in [7, 11) is 0. The Bertz CT molecular complexity index is 839. The Kier molecular flexibility index (Phi) is 3.60. The lowest BCUT2D eigenvalue weighted by atomic mass is 10.1. The van der Waals surface area contributed by atoms with Gasteiger partial charge in [0.15, 0.2) is 5.69 Å². The molecule has 3 aromatic rings. The third-order valence-corrected chi connectivity index (χ3v) is 3.43. The molecule has 0 unspecified atom stereocenters. The SMILES string of the molecule is Cc1ccc(O)c(-c2cc(C(F)(F)F)nn2-c2ccccc2)c1. The minimum Gasteiger partial charge on any atom is -0.507 e. The summed E-state index contributed by atoms with van der Waals surface area (Å²) in [4.78, 5) is 0. The molecule has 2 aromatic carbocycles. The van der Waals surface area contributed by atoms with Crippen LogP contribution in [0, 0.1) is 6.92 Å². The van der Waals surface area contributed by atoms with E-state index in [-0.39, 0.29) is 11.4 Å². The van der Waals surface area contributed by atoms with Gasteiger partial charge in [0.2, 0.25) is 0 Å². The lowest BCUT2D eigenvalue weighted by molar-refractivity contribution is -0.141. The standard InChI is InChI=1S/C17H13F3N2O/c1-11-7-8-15(23)13(9-11)14-10-16(17(18,19)20)21-22(14)12-5-3-2-4-6-12/h2-10,23H,1H3. The van der Waals surface area contributed by atoms with Crippen LogP contribution in [0.2, 0.25) is 0 Å². The van der Waals surface area contributed by atoms with Gasteiger partial charge in [0.05, 0.1) is 11.4 Å². The molecule has 0 amide bonds. The topological polar surface area (TPSA) is 38.1 Å². The van der Waals surface area contributed by atoms with Crippen LogP contribution < -0.4 is 0 Å². The second-order valence-corrected chi connectivity index (χ2v) is 5.18. The third-order valence-electron chi connectivity index (χ3n) is 3.43. The van der Waals surface area contributed by atoms with Crippen LogP contribution in [0.3, 0.4) is 0 Å². The molecule has 23 heavy (non-hydrogen) atoms. The number of hydrogen-bond donors (Lipinski definition) is 1. The molecule has 0 radical (unpaired) electrons. The number of halogens is 3. The summed E-state index contributed by atoms with van der Waals surface area (Å²) in [5.41, 5.74) is 0.796. The molecule has 0 aliphatic carbocycles. The van der Waals surface area contributed by atoms with Crippen molar-refractivity contribution in [2.45, 2.75) is 13.1 Å². The van der Waals surface area contributed by atoms with Gasteiger partial charge in [0, 0.05) is 5.56 Å². The summed E-state index contributed by atoms with van der Waals surface area (Å²) in [5.74, 6) is -0.0959. The van der Waals surface area contributed by atoms with Crippen molar-refractivity contribution in [3.63, 3.8) is 0 Å². The minimum atomic E-state index is -4.56. The van der Waals surface area contributed by atoms with E-state index in [2.05, 4.69) is 5.10 Å². The highest BCUT2D eigenvalue weighted by Gasteiger charge is 2.35. The summed E-state index contributed by atoms with van der Waals surface area (Å²) in [6.45, 7) is 1.80. The maximum absolute atomic E-state index is 13.1. The Morgan fingerprint density at radius 3 is 2.35 bits per heavy atom. The number of para-hydroxylation sites is 1. The van der Waals surface area contributed by atoms with E-state index in [9.17, 15) is 18.3 Å². The first-order valence-electron chi connectivity index (χ1n) is 6.89. The Hall–Kier alpha value is -2.76. The van der Waals surface area contributed by atoms with Crippen LogP contribution in [-0.2, 0) is 6.18 Å². The number of aromatic nitrogens is 2. The number of phenols is 1. The number of benzene rings is 2. The van der Waals surface area contributed by atoms with Crippen molar-refractivity contribution >= 4 is 0 Å². The van der Waals surface area contributed by atoms with Crippen molar-refractivity contribution in [3.8, 4) is 22.7 Å². The van der Waals surface area contributed by atoms with Gasteiger partial charge in [-0.3, -0.25) is 0 Å². The van der Waals surface area contributed by atoms with E-state index >= 15 is 0 Å². The first kappa shape index (κ1) is 15.1. The van der Waals surface area contributed by atoms with Crippen LogP contribution in [0.15, 0.2) is 54.6 Å². The molecule has 0 saturated heterocycles. The van der Waals surface area contributed by atoms with Crippen molar-refractivity contribution in [1.82, 2.24) is 9.78 Å². The summed E-state index contributed by atoms with van der Waals surface area (Å²) >= 11 is 0. The molecular formula is C17H13F3N2O. The molecule has 3 rings (SSSR count). The molecule has 0 bridgehead atoms. The van der Waals surface area contributed by atoms with Crippen molar-refractivity contribution in [2.75, 3.05) is 0 Å². The highest BCUT2D eigenvalue weighted by Crippen LogP contribution is 2.36. The van der Waals surface area contributed by atoms with Crippen LogP contribution in [0.5, 0.6) is 5.75 Å². The molecule has 1 aromatic heterocycles. The molecule has 3 nitrogen and oxygen atoms in total. The Labute approximate surface area is 130 Å². The predicted octanol–water partition coefficient (Wildman–Crippen LogP) is 4.57. The van der Waals surface area contributed by atoms with Gasteiger partial charge in [-0.15, -0.1) is 0 Å². The minimum absolute atomic E-state index is 0.0959. The predicted molar refractivity (Wildman–Crippen MR) is 80.4 cm³/mol. The molecular weight excluding hydrogens is 305 g/mol. The van der Waals surface area contributed by atoms with Crippen molar-refractivity contribution in [2.24, 2.45) is 0 Å². The maximum atomic E-state index is 13.1. The number of phenolic OH excluding ortho intramolecular Hbond substituents is 1. The van der Waals surface area contributed by atoms with Gasteiger partial charge in [-0.05, 0) is 37.3 Å². The second kappa shape index (κ2) is 5.46. The molecule has 118 valence electrons. The molecule has 0 aliphatic rings.